The van der Waals surface area contributed by atoms with Gasteiger partial charge in [0.2, 0.25) is 15.9 Å². The first kappa shape index (κ1) is 21.7. The van der Waals surface area contributed by atoms with Gasteiger partial charge in [0, 0.05) is 30.7 Å². The number of carbonyl (C=O) groups is 1. The third-order valence-corrected chi connectivity index (χ3v) is 8.05. The van der Waals surface area contributed by atoms with E-state index in [1.807, 2.05) is 25.3 Å². The summed E-state index contributed by atoms with van der Waals surface area (Å²) in [4.78, 5) is 19.1. The minimum Gasteiger partial charge on any atom is -0.353 e. The predicted molar refractivity (Wildman–Crippen MR) is 116 cm³/mol. The molecule has 2 heterocycles. The van der Waals surface area contributed by atoms with Crippen molar-refractivity contribution < 1.29 is 13.2 Å². The first-order valence-corrected chi connectivity index (χ1v) is 12.1. The van der Waals surface area contributed by atoms with Gasteiger partial charge in [0.15, 0.2) is 5.13 Å². The minimum absolute atomic E-state index is 0.186. The minimum atomic E-state index is -3.77. The van der Waals surface area contributed by atoms with Crippen molar-refractivity contribution in [3.8, 4) is 0 Å². The fraction of sp³-hybridized carbons (Fsp3) is 0.500. The smallest absolute Gasteiger partial charge is 0.241 e. The molecule has 2 N–H and O–H groups in total. The van der Waals surface area contributed by atoms with Gasteiger partial charge in [-0.1, -0.05) is 6.07 Å². The summed E-state index contributed by atoms with van der Waals surface area (Å²) in [6.45, 7) is 8.49. The maximum atomic E-state index is 12.8. The van der Waals surface area contributed by atoms with Crippen molar-refractivity contribution in [3.63, 3.8) is 0 Å². The van der Waals surface area contributed by atoms with Crippen molar-refractivity contribution in [2.24, 2.45) is 0 Å². The van der Waals surface area contributed by atoms with Gasteiger partial charge in [-0.15, -0.1) is 11.3 Å². The molecule has 9 heteroatoms. The number of hydrogen-bond acceptors (Lipinski definition) is 6. The molecule has 0 bridgehead atoms. The Hall–Kier alpha value is -1.97. The second-order valence-electron chi connectivity index (χ2n) is 7.52. The van der Waals surface area contributed by atoms with Gasteiger partial charge in [-0.05, 0) is 62.8 Å². The van der Waals surface area contributed by atoms with E-state index >= 15 is 0 Å². The molecule has 0 radical (unpaired) electrons. The van der Waals surface area contributed by atoms with E-state index in [4.69, 9.17) is 0 Å². The molecule has 2 aromatic rings. The topological polar surface area (TPSA) is 91.4 Å². The zero-order valence-electron chi connectivity index (χ0n) is 17.3. The number of aryl methyl sites for hydroxylation is 2. The van der Waals surface area contributed by atoms with Gasteiger partial charge in [0.1, 0.15) is 0 Å². The Kier molecular flexibility index (Phi) is 6.60. The predicted octanol–water partition coefficient (Wildman–Crippen LogP) is 2.44. The summed E-state index contributed by atoms with van der Waals surface area (Å²) in [5, 5.41) is 5.76. The van der Waals surface area contributed by atoms with Crippen molar-refractivity contribution in [2.45, 2.75) is 51.5 Å². The fourth-order valence-corrected chi connectivity index (χ4v) is 6.10. The van der Waals surface area contributed by atoms with E-state index in [1.54, 1.807) is 31.4 Å². The molecule has 0 aliphatic carbocycles. The van der Waals surface area contributed by atoms with Gasteiger partial charge in [-0.25, -0.2) is 18.1 Å². The molecule has 1 amide bonds. The third kappa shape index (κ3) is 4.79. The van der Waals surface area contributed by atoms with Gasteiger partial charge in [0.05, 0.1) is 11.4 Å². The standard InChI is InChI=1S/C20H28N4O3S2/c1-13-10-14(2)16(4)19(15(13)3)29(26,27)23-12-18(25)22-11-17-6-5-8-24(17)20-21-7-9-28-20/h7,9-10,17,23H,5-6,8,11-12H2,1-4H3,(H,22,25). The summed E-state index contributed by atoms with van der Waals surface area (Å²) < 4.78 is 28.2. The number of anilines is 1. The van der Waals surface area contributed by atoms with Crippen molar-refractivity contribution >= 4 is 32.4 Å². The van der Waals surface area contributed by atoms with Crippen molar-refractivity contribution in [3.05, 3.63) is 39.9 Å². The van der Waals surface area contributed by atoms with Gasteiger partial charge in [0.25, 0.3) is 0 Å². The monoisotopic (exact) mass is 436 g/mol. The number of sulfonamides is 1. The van der Waals surface area contributed by atoms with Gasteiger partial charge < -0.3 is 10.2 Å². The largest absolute Gasteiger partial charge is 0.353 e. The highest BCUT2D eigenvalue weighted by molar-refractivity contribution is 7.89. The van der Waals surface area contributed by atoms with E-state index < -0.39 is 10.0 Å². The lowest BCUT2D eigenvalue weighted by atomic mass is 10.0. The van der Waals surface area contributed by atoms with Crippen LogP contribution in [0.5, 0.6) is 0 Å². The number of nitrogens with zero attached hydrogens (tertiary/aromatic N) is 2. The van der Waals surface area contributed by atoms with Gasteiger partial charge in [-0.2, -0.15) is 0 Å². The number of thiazole rings is 1. The Labute approximate surface area is 176 Å². The lowest BCUT2D eigenvalue weighted by molar-refractivity contribution is -0.120. The summed E-state index contributed by atoms with van der Waals surface area (Å²) in [6, 6.07) is 2.16. The van der Waals surface area contributed by atoms with Crippen molar-refractivity contribution in [1.29, 1.82) is 0 Å². The summed E-state index contributed by atoms with van der Waals surface area (Å²) in [7, 11) is -3.77. The van der Waals surface area contributed by atoms with Gasteiger partial charge in [-0.3, -0.25) is 4.79 Å². The SMILES string of the molecule is Cc1cc(C)c(C)c(S(=O)(=O)NCC(=O)NCC2CCCN2c2nccs2)c1C. The number of carbonyl (C=O) groups excluding carboxylic acids is 1. The molecule has 1 aromatic carbocycles. The van der Waals surface area contributed by atoms with Crippen LogP contribution in [0.2, 0.25) is 0 Å². The Bertz CT molecular complexity index is 961. The van der Waals surface area contributed by atoms with E-state index in [-0.39, 0.29) is 23.4 Å². The maximum absolute atomic E-state index is 12.8. The number of rotatable bonds is 7. The summed E-state index contributed by atoms with van der Waals surface area (Å²) >= 11 is 1.58. The highest BCUT2D eigenvalue weighted by atomic mass is 32.2. The first-order valence-electron chi connectivity index (χ1n) is 9.70. The molecule has 1 saturated heterocycles. The molecular weight excluding hydrogens is 408 g/mol. The molecule has 0 spiro atoms. The van der Waals surface area contributed by atoms with Crippen molar-refractivity contribution in [1.82, 2.24) is 15.0 Å². The lowest BCUT2D eigenvalue weighted by Gasteiger charge is -2.24. The zero-order chi connectivity index (χ0) is 21.2. The highest BCUT2D eigenvalue weighted by Crippen LogP contribution is 2.27. The van der Waals surface area contributed by atoms with Crippen LogP contribution in [0, 0.1) is 27.7 Å². The molecular formula is C20H28N4O3S2. The number of nitrogens with one attached hydrogen (secondary N) is 2. The normalized spacial score (nSPS) is 17.0. The summed E-state index contributed by atoms with van der Waals surface area (Å²) in [5.74, 6) is -0.334. The Morgan fingerprint density at radius 3 is 2.55 bits per heavy atom. The van der Waals surface area contributed by atoms with Crippen LogP contribution in [-0.4, -0.2) is 45.0 Å². The van der Waals surface area contributed by atoms with E-state index in [2.05, 4.69) is 19.9 Å². The second-order valence-corrected chi connectivity index (χ2v) is 10.1. The van der Waals surface area contributed by atoms with E-state index in [0.717, 1.165) is 35.6 Å². The molecule has 3 rings (SSSR count). The third-order valence-electron chi connectivity index (χ3n) is 5.57. The molecule has 1 aliphatic heterocycles. The Morgan fingerprint density at radius 1 is 1.24 bits per heavy atom. The molecule has 158 valence electrons. The first-order chi connectivity index (χ1) is 13.7. The lowest BCUT2D eigenvalue weighted by Crippen LogP contribution is -2.44. The number of benzene rings is 1. The molecule has 29 heavy (non-hydrogen) atoms. The molecule has 1 fully saturated rings. The van der Waals surface area contributed by atoms with Crippen LogP contribution >= 0.6 is 11.3 Å². The average Bonchev–Trinajstić information content (AvgIpc) is 3.34. The average molecular weight is 437 g/mol. The molecule has 7 nitrogen and oxygen atoms in total. The number of hydrogen-bond donors (Lipinski definition) is 2. The zero-order valence-corrected chi connectivity index (χ0v) is 18.9. The molecule has 1 atom stereocenters. The van der Waals surface area contributed by atoms with Crippen LogP contribution < -0.4 is 14.9 Å². The Morgan fingerprint density at radius 2 is 1.93 bits per heavy atom. The second kappa shape index (κ2) is 8.81. The van der Waals surface area contributed by atoms with Crippen LogP contribution in [-0.2, 0) is 14.8 Å². The molecule has 0 saturated carbocycles. The molecule has 1 aliphatic rings. The van der Waals surface area contributed by atoms with Crippen molar-refractivity contribution in [2.75, 3.05) is 24.5 Å². The van der Waals surface area contributed by atoms with Crippen LogP contribution in [0.3, 0.4) is 0 Å². The van der Waals surface area contributed by atoms with E-state index in [9.17, 15) is 13.2 Å². The summed E-state index contributed by atoms with van der Waals surface area (Å²) in [6.07, 6.45) is 3.81. The molecule has 1 aromatic heterocycles. The Balaban J connectivity index is 1.59. The number of amides is 1. The van der Waals surface area contributed by atoms with Crippen LogP contribution in [0.15, 0.2) is 22.5 Å². The molecule has 1 unspecified atom stereocenters. The van der Waals surface area contributed by atoms with Crippen LogP contribution in [0.4, 0.5) is 5.13 Å². The van der Waals surface area contributed by atoms with Crippen LogP contribution in [0.25, 0.3) is 0 Å². The summed E-state index contributed by atoms with van der Waals surface area (Å²) in [5.41, 5.74) is 3.26. The van der Waals surface area contributed by atoms with E-state index in [1.165, 1.54) is 0 Å². The van der Waals surface area contributed by atoms with Crippen LogP contribution in [0.1, 0.15) is 35.1 Å². The quantitative estimate of drug-likeness (QED) is 0.696. The van der Waals surface area contributed by atoms with Gasteiger partial charge >= 0.3 is 0 Å². The fourth-order valence-electron chi connectivity index (χ4n) is 3.77. The highest BCUT2D eigenvalue weighted by Gasteiger charge is 2.27. The maximum Gasteiger partial charge on any atom is 0.241 e. The number of aromatic nitrogens is 1. The van der Waals surface area contributed by atoms with E-state index in [0.29, 0.717) is 17.7 Å².